The summed E-state index contributed by atoms with van der Waals surface area (Å²) in [5.41, 5.74) is 0. The smallest absolute Gasteiger partial charge is 0.235 e. The van der Waals surface area contributed by atoms with Crippen LogP contribution in [-0.2, 0) is 14.8 Å². The minimum absolute atomic E-state index is 0.0127. The van der Waals surface area contributed by atoms with Crippen molar-refractivity contribution in [2.45, 2.75) is 57.0 Å². The van der Waals surface area contributed by atoms with Crippen LogP contribution in [0.5, 0.6) is 0 Å². The predicted molar refractivity (Wildman–Crippen MR) is 69.6 cm³/mol. The van der Waals surface area contributed by atoms with Crippen LogP contribution in [0.1, 0.15) is 44.9 Å². The van der Waals surface area contributed by atoms with E-state index >= 15 is 0 Å². The minimum Gasteiger partial charge on any atom is -0.352 e. The molecule has 18 heavy (non-hydrogen) atoms. The van der Waals surface area contributed by atoms with E-state index in [0.29, 0.717) is 0 Å². The largest absolute Gasteiger partial charge is 0.352 e. The van der Waals surface area contributed by atoms with Gasteiger partial charge in [0, 0.05) is 12.1 Å². The van der Waals surface area contributed by atoms with Crippen molar-refractivity contribution in [3.05, 3.63) is 0 Å². The fraction of sp³-hybridized carbons (Fsp3) is 0.917. The quantitative estimate of drug-likeness (QED) is 0.808. The molecule has 2 aliphatic carbocycles. The molecule has 0 heterocycles. The van der Waals surface area contributed by atoms with Gasteiger partial charge in [0.2, 0.25) is 15.9 Å². The predicted octanol–water partition coefficient (Wildman–Crippen LogP) is 0.859. The lowest BCUT2D eigenvalue weighted by atomic mass is 9.95. The number of nitrogens with one attached hydrogen (secondary N) is 1. The van der Waals surface area contributed by atoms with Gasteiger partial charge in [-0.15, -0.1) is 0 Å². The first kappa shape index (κ1) is 13.8. The molecule has 104 valence electrons. The maximum absolute atomic E-state index is 11.8. The van der Waals surface area contributed by atoms with Crippen LogP contribution in [0, 0.1) is 0 Å². The molecule has 0 aromatic rings. The van der Waals surface area contributed by atoms with Gasteiger partial charge in [-0.1, -0.05) is 19.3 Å². The zero-order valence-corrected chi connectivity index (χ0v) is 11.7. The van der Waals surface area contributed by atoms with Gasteiger partial charge in [-0.05, 0) is 25.7 Å². The average Bonchev–Trinajstić information content (AvgIpc) is 3.09. The van der Waals surface area contributed by atoms with Crippen molar-refractivity contribution < 1.29 is 13.2 Å². The molecule has 0 aromatic heterocycles. The Balaban J connectivity index is 1.97. The zero-order chi connectivity index (χ0) is 13.2. The minimum atomic E-state index is -3.30. The Bertz CT molecular complexity index is 398. The SMILES string of the molecule is CS(=O)(=O)N(CC(=O)NC1CC1)C1CCCCC1. The van der Waals surface area contributed by atoms with E-state index in [2.05, 4.69) is 5.32 Å². The molecule has 0 atom stereocenters. The van der Waals surface area contributed by atoms with Crippen molar-refractivity contribution in [1.82, 2.24) is 9.62 Å². The summed E-state index contributed by atoms with van der Waals surface area (Å²) in [6, 6.07) is 0.295. The van der Waals surface area contributed by atoms with Crippen molar-refractivity contribution in [1.29, 1.82) is 0 Å². The van der Waals surface area contributed by atoms with E-state index in [1.807, 2.05) is 0 Å². The van der Waals surface area contributed by atoms with Gasteiger partial charge in [0.15, 0.2) is 0 Å². The molecule has 2 aliphatic rings. The topological polar surface area (TPSA) is 66.5 Å². The van der Waals surface area contributed by atoms with Crippen molar-refractivity contribution in [3.8, 4) is 0 Å². The third-order valence-electron chi connectivity index (χ3n) is 3.65. The molecule has 0 spiro atoms. The maximum atomic E-state index is 11.8. The van der Waals surface area contributed by atoms with Crippen LogP contribution in [0.4, 0.5) is 0 Å². The molecular weight excluding hydrogens is 252 g/mol. The highest BCUT2D eigenvalue weighted by molar-refractivity contribution is 7.88. The molecule has 5 nitrogen and oxygen atoms in total. The summed E-state index contributed by atoms with van der Waals surface area (Å²) < 4.78 is 25.0. The van der Waals surface area contributed by atoms with Crippen LogP contribution in [-0.4, -0.2) is 43.5 Å². The Labute approximate surface area is 109 Å². The van der Waals surface area contributed by atoms with Crippen LogP contribution in [0.2, 0.25) is 0 Å². The van der Waals surface area contributed by atoms with Crippen molar-refractivity contribution in [3.63, 3.8) is 0 Å². The van der Waals surface area contributed by atoms with Gasteiger partial charge < -0.3 is 5.32 Å². The Hall–Kier alpha value is -0.620. The van der Waals surface area contributed by atoms with E-state index < -0.39 is 10.0 Å². The van der Waals surface area contributed by atoms with Gasteiger partial charge in [-0.3, -0.25) is 4.79 Å². The lowest BCUT2D eigenvalue weighted by molar-refractivity contribution is -0.121. The first-order valence-corrected chi connectivity index (χ1v) is 8.58. The summed E-state index contributed by atoms with van der Waals surface area (Å²) in [6.45, 7) is -0.0139. The summed E-state index contributed by atoms with van der Waals surface area (Å²) in [4.78, 5) is 11.8. The molecule has 1 N–H and O–H groups in total. The first-order chi connectivity index (χ1) is 8.47. The van der Waals surface area contributed by atoms with Gasteiger partial charge >= 0.3 is 0 Å². The number of nitrogens with zero attached hydrogens (tertiary/aromatic N) is 1. The molecule has 0 radical (unpaired) electrons. The van der Waals surface area contributed by atoms with Crippen molar-refractivity contribution >= 4 is 15.9 Å². The van der Waals surface area contributed by atoms with Gasteiger partial charge in [0.1, 0.15) is 0 Å². The normalized spacial score (nSPS) is 22.1. The summed E-state index contributed by atoms with van der Waals surface area (Å²) >= 11 is 0. The van der Waals surface area contributed by atoms with E-state index in [1.165, 1.54) is 17.0 Å². The number of amides is 1. The monoisotopic (exact) mass is 274 g/mol. The molecule has 2 rings (SSSR count). The van der Waals surface area contributed by atoms with Crippen molar-refractivity contribution in [2.24, 2.45) is 0 Å². The Morgan fingerprint density at radius 3 is 2.28 bits per heavy atom. The number of sulfonamides is 1. The third-order valence-corrected chi connectivity index (χ3v) is 4.93. The Morgan fingerprint density at radius 2 is 1.78 bits per heavy atom. The number of rotatable bonds is 5. The number of carbonyl (C=O) groups excluding carboxylic acids is 1. The Morgan fingerprint density at radius 1 is 1.17 bits per heavy atom. The summed E-state index contributed by atoms with van der Waals surface area (Å²) in [5, 5.41) is 2.85. The fourth-order valence-corrected chi connectivity index (χ4v) is 3.63. The molecule has 1 amide bonds. The molecule has 2 saturated carbocycles. The molecule has 0 bridgehead atoms. The van der Waals surface area contributed by atoms with E-state index in [4.69, 9.17) is 0 Å². The van der Waals surface area contributed by atoms with E-state index in [0.717, 1.165) is 38.5 Å². The van der Waals surface area contributed by atoms with E-state index in [1.54, 1.807) is 0 Å². The second-order valence-electron chi connectivity index (χ2n) is 5.44. The van der Waals surface area contributed by atoms with Gasteiger partial charge in [-0.2, -0.15) is 4.31 Å². The number of hydrogen-bond donors (Lipinski definition) is 1. The van der Waals surface area contributed by atoms with Crippen LogP contribution in [0.25, 0.3) is 0 Å². The van der Waals surface area contributed by atoms with Crippen molar-refractivity contribution in [2.75, 3.05) is 12.8 Å². The van der Waals surface area contributed by atoms with Crippen LogP contribution in [0.15, 0.2) is 0 Å². The van der Waals surface area contributed by atoms with Crippen LogP contribution < -0.4 is 5.32 Å². The third kappa shape index (κ3) is 3.95. The second kappa shape index (κ2) is 5.57. The maximum Gasteiger partial charge on any atom is 0.235 e. The summed E-state index contributed by atoms with van der Waals surface area (Å²) in [5.74, 6) is -0.159. The summed E-state index contributed by atoms with van der Waals surface area (Å²) in [6.07, 6.45) is 8.28. The van der Waals surface area contributed by atoms with Crippen LogP contribution in [0.3, 0.4) is 0 Å². The molecule has 0 aromatic carbocycles. The summed E-state index contributed by atoms with van der Waals surface area (Å²) in [7, 11) is -3.30. The second-order valence-corrected chi connectivity index (χ2v) is 7.38. The average molecular weight is 274 g/mol. The fourth-order valence-electron chi connectivity index (χ4n) is 2.53. The lowest BCUT2D eigenvalue weighted by Gasteiger charge is -2.31. The standard InChI is InChI=1S/C12H22N2O3S/c1-18(16,17)14(11-5-3-2-4-6-11)9-12(15)13-10-7-8-10/h10-11H,2-9H2,1H3,(H,13,15). The molecule has 2 fully saturated rings. The van der Waals surface area contributed by atoms with E-state index in [-0.39, 0.29) is 24.5 Å². The Kier molecular flexibility index (Phi) is 4.27. The number of hydrogen-bond acceptors (Lipinski definition) is 3. The highest BCUT2D eigenvalue weighted by atomic mass is 32.2. The highest BCUT2D eigenvalue weighted by Crippen LogP contribution is 2.24. The van der Waals surface area contributed by atoms with Gasteiger partial charge in [-0.25, -0.2) is 8.42 Å². The lowest BCUT2D eigenvalue weighted by Crippen LogP contribution is -2.46. The van der Waals surface area contributed by atoms with E-state index in [9.17, 15) is 13.2 Å². The highest BCUT2D eigenvalue weighted by Gasteiger charge is 2.31. The zero-order valence-electron chi connectivity index (χ0n) is 10.9. The van der Waals surface area contributed by atoms with Gasteiger partial charge in [0.05, 0.1) is 12.8 Å². The number of carbonyl (C=O) groups is 1. The molecule has 0 saturated heterocycles. The molecule has 0 unspecified atom stereocenters. The molecular formula is C12H22N2O3S. The first-order valence-electron chi connectivity index (χ1n) is 6.73. The van der Waals surface area contributed by atoms with Gasteiger partial charge in [0.25, 0.3) is 0 Å². The molecule has 0 aliphatic heterocycles. The molecule has 6 heteroatoms. The van der Waals surface area contributed by atoms with Crippen LogP contribution >= 0.6 is 0 Å².